The Balaban J connectivity index is 1.85. The van der Waals surface area contributed by atoms with Crippen LogP contribution in [-0.4, -0.2) is 37.6 Å². The SMILES string of the molecule is C(CN1CCNCC1)=C(c1ccccc1)c1ccccc1. The number of hydrogen-bond acceptors (Lipinski definition) is 2. The Morgan fingerprint density at radius 3 is 1.90 bits per heavy atom. The summed E-state index contributed by atoms with van der Waals surface area (Å²) in [4.78, 5) is 2.50. The van der Waals surface area contributed by atoms with Gasteiger partial charge in [0.25, 0.3) is 0 Å². The predicted octanol–water partition coefficient (Wildman–Crippen LogP) is 3.02. The van der Waals surface area contributed by atoms with Gasteiger partial charge in [-0.25, -0.2) is 0 Å². The van der Waals surface area contributed by atoms with Gasteiger partial charge in [-0.2, -0.15) is 0 Å². The molecule has 2 aromatic rings. The summed E-state index contributed by atoms with van der Waals surface area (Å²) in [5.41, 5.74) is 3.91. The van der Waals surface area contributed by atoms with Crippen LogP contribution in [0.5, 0.6) is 0 Å². The Morgan fingerprint density at radius 1 is 0.857 bits per heavy atom. The van der Waals surface area contributed by atoms with Gasteiger partial charge < -0.3 is 5.32 Å². The van der Waals surface area contributed by atoms with E-state index in [4.69, 9.17) is 0 Å². The molecule has 1 N–H and O–H groups in total. The fraction of sp³-hybridized carbons (Fsp3) is 0.263. The first-order valence-electron chi connectivity index (χ1n) is 7.67. The van der Waals surface area contributed by atoms with Crippen molar-refractivity contribution in [2.45, 2.75) is 0 Å². The van der Waals surface area contributed by atoms with Gasteiger partial charge in [-0.1, -0.05) is 66.7 Å². The zero-order valence-corrected chi connectivity index (χ0v) is 12.3. The number of benzene rings is 2. The second-order valence-electron chi connectivity index (χ2n) is 5.40. The minimum absolute atomic E-state index is 1.01. The van der Waals surface area contributed by atoms with Gasteiger partial charge in [-0.05, 0) is 16.7 Å². The first-order valence-corrected chi connectivity index (χ1v) is 7.67. The number of rotatable bonds is 4. The van der Waals surface area contributed by atoms with E-state index in [1.807, 2.05) is 0 Å². The molecule has 0 radical (unpaired) electrons. The topological polar surface area (TPSA) is 15.3 Å². The molecule has 21 heavy (non-hydrogen) atoms. The fourth-order valence-corrected chi connectivity index (χ4v) is 2.75. The third-order valence-electron chi connectivity index (χ3n) is 3.93. The average molecular weight is 278 g/mol. The van der Waals surface area contributed by atoms with Gasteiger partial charge in [0.1, 0.15) is 0 Å². The molecule has 0 atom stereocenters. The van der Waals surface area contributed by atoms with Gasteiger partial charge in [-0.15, -0.1) is 0 Å². The van der Waals surface area contributed by atoms with E-state index in [1.165, 1.54) is 16.7 Å². The molecule has 0 spiro atoms. The van der Waals surface area contributed by atoms with E-state index in [0.717, 1.165) is 32.7 Å². The first kappa shape index (κ1) is 14.1. The van der Waals surface area contributed by atoms with Gasteiger partial charge in [0.2, 0.25) is 0 Å². The summed E-state index contributed by atoms with van der Waals surface area (Å²) >= 11 is 0. The quantitative estimate of drug-likeness (QED) is 0.925. The maximum Gasteiger partial charge on any atom is 0.0173 e. The van der Waals surface area contributed by atoms with Crippen LogP contribution in [-0.2, 0) is 0 Å². The molecule has 0 bridgehead atoms. The molecule has 0 amide bonds. The Kier molecular flexibility index (Phi) is 4.82. The molecule has 0 aromatic heterocycles. The molecular formula is C19H22N2. The molecule has 2 nitrogen and oxygen atoms in total. The maximum atomic E-state index is 3.40. The van der Waals surface area contributed by atoms with Crippen LogP contribution in [0.25, 0.3) is 5.57 Å². The molecule has 1 heterocycles. The summed E-state index contributed by atoms with van der Waals surface area (Å²) in [5.74, 6) is 0. The molecule has 108 valence electrons. The van der Waals surface area contributed by atoms with E-state index >= 15 is 0 Å². The molecule has 1 saturated heterocycles. The minimum atomic E-state index is 1.01. The van der Waals surface area contributed by atoms with Crippen molar-refractivity contribution in [2.24, 2.45) is 0 Å². The minimum Gasteiger partial charge on any atom is -0.314 e. The van der Waals surface area contributed by atoms with Crippen LogP contribution < -0.4 is 5.32 Å². The Bertz CT molecular complexity index is 528. The number of nitrogens with zero attached hydrogens (tertiary/aromatic N) is 1. The third-order valence-corrected chi connectivity index (χ3v) is 3.93. The molecule has 3 rings (SSSR count). The highest BCUT2D eigenvalue weighted by Crippen LogP contribution is 2.23. The van der Waals surface area contributed by atoms with E-state index in [1.54, 1.807) is 0 Å². The molecule has 2 aromatic carbocycles. The van der Waals surface area contributed by atoms with E-state index in [0.29, 0.717) is 0 Å². The molecule has 0 unspecified atom stereocenters. The van der Waals surface area contributed by atoms with E-state index in [9.17, 15) is 0 Å². The number of piperazine rings is 1. The van der Waals surface area contributed by atoms with Crippen LogP contribution >= 0.6 is 0 Å². The summed E-state index contributed by atoms with van der Waals surface area (Å²) in [6, 6.07) is 21.3. The van der Waals surface area contributed by atoms with Crippen molar-refractivity contribution in [1.29, 1.82) is 0 Å². The van der Waals surface area contributed by atoms with Crippen molar-refractivity contribution in [3.05, 3.63) is 77.9 Å². The van der Waals surface area contributed by atoms with E-state index < -0.39 is 0 Å². The lowest BCUT2D eigenvalue weighted by molar-refractivity contribution is 0.265. The highest BCUT2D eigenvalue weighted by atomic mass is 15.2. The van der Waals surface area contributed by atoms with Gasteiger partial charge in [0, 0.05) is 32.7 Å². The van der Waals surface area contributed by atoms with Crippen LogP contribution in [0.15, 0.2) is 66.7 Å². The van der Waals surface area contributed by atoms with E-state index in [-0.39, 0.29) is 0 Å². The average Bonchev–Trinajstić information content (AvgIpc) is 2.58. The van der Waals surface area contributed by atoms with Crippen LogP contribution in [0, 0.1) is 0 Å². The standard InChI is InChI=1S/C19H22N2/c1-3-7-17(8-4-1)19(18-9-5-2-6-10-18)11-14-21-15-12-20-13-16-21/h1-11,20H,12-16H2. The van der Waals surface area contributed by atoms with Crippen molar-refractivity contribution in [2.75, 3.05) is 32.7 Å². The molecule has 0 aliphatic carbocycles. The highest BCUT2D eigenvalue weighted by Gasteiger charge is 2.09. The van der Waals surface area contributed by atoms with Crippen LogP contribution in [0.3, 0.4) is 0 Å². The predicted molar refractivity (Wildman–Crippen MR) is 89.3 cm³/mol. The lowest BCUT2D eigenvalue weighted by atomic mass is 9.97. The summed E-state index contributed by atoms with van der Waals surface area (Å²) in [7, 11) is 0. The molecule has 1 fully saturated rings. The second-order valence-corrected chi connectivity index (χ2v) is 5.40. The van der Waals surface area contributed by atoms with Crippen LogP contribution in [0.1, 0.15) is 11.1 Å². The second kappa shape index (κ2) is 7.21. The summed E-state index contributed by atoms with van der Waals surface area (Å²) in [6.45, 7) is 5.47. The van der Waals surface area contributed by atoms with Crippen molar-refractivity contribution in [1.82, 2.24) is 10.2 Å². The van der Waals surface area contributed by atoms with Crippen LogP contribution in [0.4, 0.5) is 0 Å². The smallest absolute Gasteiger partial charge is 0.0173 e. The maximum absolute atomic E-state index is 3.40. The molecule has 1 aliphatic rings. The molecule has 1 aliphatic heterocycles. The monoisotopic (exact) mass is 278 g/mol. The molecular weight excluding hydrogens is 256 g/mol. The van der Waals surface area contributed by atoms with Gasteiger partial charge in [0.05, 0.1) is 0 Å². The first-order chi connectivity index (χ1) is 10.4. The lowest BCUT2D eigenvalue weighted by Gasteiger charge is -2.26. The largest absolute Gasteiger partial charge is 0.314 e. The Morgan fingerprint density at radius 2 is 1.38 bits per heavy atom. The number of hydrogen-bond donors (Lipinski definition) is 1. The number of nitrogens with one attached hydrogen (secondary N) is 1. The highest BCUT2D eigenvalue weighted by molar-refractivity contribution is 5.79. The Hall–Kier alpha value is -1.90. The summed E-state index contributed by atoms with van der Waals surface area (Å²) < 4.78 is 0. The van der Waals surface area contributed by atoms with Gasteiger partial charge in [-0.3, -0.25) is 4.90 Å². The Labute approximate surface area is 127 Å². The van der Waals surface area contributed by atoms with Crippen LogP contribution in [0.2, 0.25) is 0 Å². The van der Waals surface area contributed by atoms with Crippen molar-refractivity contribution < 1.29 is 0 Å². The van der Waals surface area contributed by atoms with E-state index in [2.05, 4.69) is 77.0 Å². The lowest BCUT2D eigenvalue weighted by Crippen LogP contribution is -2.43. The van der Waals surface area contributed by atoms with Crippen molar-refractivity contribution in [3.8, 4) is 0 Å². The summed E-state index contributed by atoms with van der Waals surface area (Å²) in [6.07, 6.45) is 2.37. The zero-order valence-electron chi connectivity index (χ0n) is 12.3. The summed E-state index contributed by atoms with van der Waals surface area (Å²) in [5, 5.41) is 3.40. The third kappa shape index (κ3) is 3.81. The van der Waals surface area contributed by atoms with Crippen molar-refractivity contribution in [3.63, 3.8) is 0 Å². The normalized spacial score (nSPS) is 15.6. The van der Waals surface area contributed by atoms with Gasteiger partial charge >= 0.3 is 0 Å². The zero-order chi connectivity index (χ0) is 14.3. The fourth-order valence-electron chi connectivity index (χ4n) is 2.75. The molecule has 2 heteroatoms. The van der Waals surface area contributed by atoms with Gasteiger partial charge in [0.15, 0.2) is 0 Å². The molecule has 0 saturated carbocycles. The van der Waals surface area contributed by atoms with Crippen molar-refractivity contribution >= 4 is 5.57 Å².